The van der Waals surface area contributed by atoms with Gasteiger partial charge in [0, 0.05) is 44.0 Å². The van der Waals surface area contributed by atoms with Crippen molar-refractivity contribution in [3.05, 3.63) is 64.0 Å². The van der Waals surface area contributed by atoms with Crippen molar-refractivity contribution in [1.29, 1.82) is 0 Å². The molecule has 1 saturated heterocycles. The lowest BCUT2D eigenvalue weighted by Crippen LogP contribution is -2.50. The number of benzene rings is 2. The van der Waals surface area contributed by atoms with Crippen molar-refractivity contribution in [3.8, 4) is 5.75 Å². The second-order valence-corrected chi connectivity index (χ2v) is 6.57. The lowest BCUT2D eigenvalue weighted by Gasteiger charge is -2.36. The van der Waals surface area contributed by atoms with E-state index in [0.717, 1.165) is 17.8 Å². The van der Waals surface area contributed by atoms with Crippen molar-refractivity contribution < 1.29 is 32.0 Å². The van der Waals surface area contributed by atoms with Crippen LogP contribution in [0.25, 0.3) is 0 Å². The van der Waals surface area contributed by atoms with Crippen LogP contribution >= 0.6 is 0 Å². The molecule has 2 aromatic carbocycles. The number of anilines is 1. The summed E-state index contributed by atoms with van der Waals surface area (Å²) in [5.74, 6) is -1.50. The minimum Gasteiger partial charge on any atom is -0.483 e. The van der Waals surface area contributed by atoms with Crippen LogP contribution in [0.1, 0.15) is 5.56 Å². The number of hydrogen-bond acceptors (Lipinski definition) is 5. The van der Waals surface area contributed by atoms with Crippen molar-refractivity contribution >= 4 is 17.3 Å². The first kappa shape index (κ1) is 21.3. The topological polar surface area (TPSA) is 75.9 Å². The molecule has 1 amide bonds. The van der Waals surface area contributed by atoms with Crippen LogP contribution in [0.5, 0.6) is 5.75 Å². The highest BCUT2D eigenvalue weighted by molar-refractivity contribution is 5.78. The van der Waals surface area contributed by atoms with Crippen LogP contribution in [0.2, 0.25) is 0 Å². The molecule has 1 aliphatic rings. The lowest BCUT2D eigenvalue weighted by molar-refractivity contribution is -0.385. The van der Waals surface area contributed by atoms with Gasteiger partial charge in [0.05, 0.1) is 4.92 Å². The third kappa shape index (κ3) is 4.97. The van der Waals surface area contributed by atoms with Crippen LogP contribution < -0.4 is 9.64 Å². The Labute approximate surface area is 168 Å². The van der Waals surface area contributed by atoms with E-state index in [9.17, 15) is 32.5 Å². The molecule has 0 unspecified atom stereocenters. The van der Waals surface area contributed by atoms with Gasteiger partial charge in [0.25, 0.3) is 11.6 Å². The largest absolute Gasteiger partial charge is 0.483 e. The second kappa shape index (κ2) is 8.56. The summed E-state index contributed by atoms with van der Waals surface area (Å²) >= 11 is 0. The van der Waals surface area contributed by atoms with E-state index < -0.39 is 40.6 Å². The summed E-state index contributed by atoms with van der Waals surface area (Å²) in [6.07, 6.45) is -4.87. The first-order chi connectivity index (χ1) is 14.1. The number of nitro groups is 1. The van der Waals surface area contributed by atoms with E-state index in [2.05, 4.69) is 0 Å². The zero-order valence-electron chi connectivity index (χ0n) is 15.6. The van der Waals surface area contributed by atoms with Crippen LogP contribution in [0.15, 0.2) is 42.5 Å². The van der Waals surface area contributed by atoms with Gasteiger partial charge in [-0.2, -0.15) is 13.2 Å². The van der Waals surface area contributed by atoms with Gasteiger partial charge in [0.15, 0.2) is 6.61 Å². The van der Waals surface area contributed by atoms with Crippen LogP contribution in [0, 0.1) is 15.9 Å². The molecule has 30 heavy (non-hydrogen) atoms. The summed E-state index contributed by atoms with van der Waals surface area (Å²) in [4.78, 5) is 25.5. The van der Waals surface area contributed by atoms with Crippen LogP contribution in [-0.2, 0) is 11.0 Å². The molecule has 1 fully saturated rings. The van der Waals surface area contributed by atoms with Gasteiger partial charge in [-0.3, -0.25) is 14.9 Å². The fourth-order valence-corrected chi connectivity index (χ4v) is 3.08. The predicted octanol–water partition coefficient (Wildman–Crippen LogP) is 3.48. The number of alkyl halides is 3. The van der Waals surface area contributed by atoms with Crippen molar-refractivity contribution in [2.45, 2.75) is 6.18 Å². The van der Waals surface area contributed by atoms with Gasteiger partial charge in [0.1, 0.15) is 17.1 Å². The standard InChI is InChI=1S/C19H17F4N3O4/c20-13-1-3-14(4-2-13)24-7-9-25(10-8-24)18(27)12-30-17-6-5-15(26(28)29)11-16(17)19(21,22)23/h1-6,11H,7-10,12H2. The normalized spacial score (nSPS) is 14.5. The summed E-state index contributed by atoms with van der Waals surface area (Å²) in [5.41, 5.74) is -1.23. The maximum absolute atomic E-state index is 13.2. The molecule has 2 aromatic rings. The fourth-order valence-electron chi connectivity index (χ4n) is 3.08. The number of carbonyl (C=O) groups excluding carboxylic acids is 1. The van der Waals surface area contributed by atoms with Gasteiger partial charge < -0.3 is 14.5 Å². The van der Waals surface area contributed by atoms with E-state index in [1.54, 1.807) is 12.1 Å². The Bertz CT molecular complexity index is 926. The van der Waals surface area contributed by atoms with Crippen LogP contribution in [-0.4, -0.2) is 48.5 Å². The van der Waals surface area contributed by atoms with Gasteiger partial charge in [-0.05, 0) is 30.3 Å². The summed E-state index contributed by atoms with van der Waals surface area (Å²) in [7, 11) is 0. The Morgan fingerprint density at radius 3 is 2.27 bits per heavy atom. The second-order valence-electron chi connectivity index (χ2n) is 6.57. The quantitative estimate of drug-likeness (QED) is 0.415. The number of carbonyl (C=O) groups is 1. The first-order valence-corrected chi connectivity index (χ1v) is 8.92. The molecule has 7 nitrogen and oxygen atoms in total. The molecule has 1 heterocycles. The number of hydrogen-bond donors (Lipinski definition) is 0. The molecule has 0 atom stereocenters. The van der Waals surface area contributed by atoms with Crippen LogP contribution in [0.3, 0.4) is 0 Å². The smallest absolute Gasteiger partial charge is 0.420 e. The third-order valence-electron chi connectivity index (χ3n) is 4.65. The van der Waals surface area contributed by atoms with Gasteiger partial charge >= 0.3 is 6.18 Å². The van der Waals surface area contributed by atoms with E-state index >= 15 is 0 Å². The molecule has 0 saturated carbocycles. The molecule has 0 N–H and O–H groups in total. The number of piperazine rings is 1. The molecule has 0 bridgehead atoms. The first-order valence-electron chi connectivity index (χ1n) is 8.92. The van der Waals surface area contributed by atoms with Gasteiger partial charge in [0.2, 0.25) is 0 Å². The Morgan fingerprint density at radius 1 is 1.07 bits per heavy atom. The molecule has 0 aliphatic carbocycles. The number of ether oxygens (including phenoxy) is 1. The maximum Gasteiger partial charge on any atom is 0.420 e. The van der Waals surface area contributed by atoms with Crippen molar-refractivity contribution in [3.63, 3.8) is 0 Å². The molecule has 11 heteroatoms. The molecular formula is C19H17F4N3O4. The van der Waals surface area contributed by atoms with Gasteiger partial charge in [-0.1, -0.05) is 0 Å². The maximum atomic E-state index is 13.2. The highest BCUT2D eigenvalue weighted by Gasteiger charge is 2.36. The number of halogens is 4. The molecule has 0 radical (unpaired) electrons. The van der Waals surface area contributed by atoms with E-state index in [-0.39, 0.29) is 5.82 Å². The Kier molecular flexibility index (Phi) is 6.09. The summed E-state index contributed by atoms with van der Waals surface area (Å²) in [6, 6.07) is 8.02. The minimum absolute atomic E-state index is 0.325. The molecule has 0 aromatic heterocycles. The van der Waals surface area contributed by atoms with Crippen molar-refractivity contribution in [2.75, 3.05) is 37.7 Å². The van der Waals surface area contributed by atoms with Gasteiger partial charge in [-0.15, -0.1) is 0 Å². The number of non-ortho nitro benzene ring substituents is 1. The van der Waals surface area contributed by atoms with Crippen molar-refractivity contribution in [1.82, 2.24) is 4.90 Å². The summed E-state index contributed by atoms with van der Waals surface area (Å²) in [6.45, 7) is 0.973. The molecular weight excluding hydrogens is 410 g/mol. The Balaban J connectivity index is 1.60. The SMILES string of the molecule is O=C(COc1ccc([N+](=O)[O-])cc1C(F)(F)F)N1CCN(c2ccc(F)cc2)CC1. The Hall–Kier alpha value is -3.37. The van der Waals surface area contributed by atoms with Gasteiger partial charge in [-0.25, -0.2) is 4.39 Å². The average Bonchev–Trinajstić information content (AvgIpc) is 2.72. The van der Waals surface area contributed by atoms with E-state index in [1.807, 2.05) is 4.90 Å². The lowest BCUT2D eigenvalue weighted by atomic mass is 10.1. The number of nitro benzene ring substituents is 1. The minimum atomic E-state index is -4.87. The summed E-state index contributed by atoms with van der Waals surface area (Å²) < 4.78 is 57.6. The molecule has 160 valence electrons. The average molecular weight is 427 g/mol. The molecule has 0 spiro atoms. The van der Waals surface area contributed by atoms with Crippen LogP contribution in [0.4, 0.5) is 28.9 Å². The van der Waals surface area contributed by atoms with E-state index in [4.69, 9.17) is 4.74 Å². The number of amides is 1. The van der Waals surface area contributed by atoms with Crippen molar-refractivity contribution in [2.24, 2.45) is 0 Å². The molecule has 1 aliphatic heterocycles. The number of rotatable bonds is 5. The molecule has 3 rings (SSSR count). The summed E-state index contributed by atoms with van der Waals surface area (Å²) in [5, 5.41) is 10.7. The zero-order chi connectivity index (χ0) is 21.9. The fraction of sp³-hybridized carbons (Fsp3) is 0.316. The van der Waals surface area contributed by atoms with E-state index in [0.29, 0.717) is 32.2 Å². The van der Waals surface area contributed by atoms with E-state index in [1.165, 1.54) is 17.0 Å². The Morgan fingerprint density at radius 2 is 1.70 bits per heavy atom. The zero-order valence-corrected chi connectivity index (χ0v) is 15.6. The third-order valence-corrected chi connectivity index (χ3v) is 4.65. The highest BCUT2D eigenvalue weighted by Crippen LogP contribution is 2.38. The highest BCUT2D eigenvalue weighted by atomic mass is 19.4. The number of nitrogens with zero attached hydrogens (tertiary/aromatic N) is 3. The predicted molar refractivity (Wildman–Crippen MR) is 98.8 cm³/mol. The monoisotopic (exact) mass is 427 g/mol.